The largest absolute Gasteiger partial charge is 0.380 e. The van der Waals surface area contributed by atoms with E-state index in [1.165, 1.54) is 11.1 Å². The van der Waals surface area contributed by atoms with E-state index >= 15 is 0 Å². The second-order valence-corrected chi connectivity index (χ2v) is 4.67. The Labute approximate surface area is 111 Å². The topological polar surface area (TPSA) is 24.5 Å². The molecule has 0 bridgehead atoms. The molecule has 3 nitrogen and oxygen atoms in total. The molecule has 0 aliphatic heterocycles. The van der Waals surface area contributed by atoms with Gasteiger partial charge < -0.3 is 15.0 Å². The van der Waals surface area contributed by atoms with Crippen LogP contribution in [-0.2, 0) is 11.3 Å². The van der Waals surface area contributed by atoms with E-state index in [2.05, 4.69) is 48.5 Å². The molecule has 0 aliphatic carbocycles. The van der Waals surface area contributed by atoms with Crippen LogP contribution in [0.15, 0.2) is 24.3 Å². The Morgan fingerprint density at radius 2 is 2.11 bits per heavy atom. The van der Waals surface area contributed by atoms with Crippen LogP contribution in [0.1, 0.15) is 18.1 Å². The van der Waals surface area contributed by atoms with Crippen molar-refractivity contribution in [2.75, 3.05) is 39.9 Å². The lowest BCUT2D eigenvalue weighted by Gasteiger charge is -2.17. The van der Waals surface area contributed by atoms with Gasteiger partial charge in [-0.05, 0) is 26.5 Å². The maximum atomic E-state index is 5.27. The molecule has 0 aliphatic rings. The molecule has 102 valence electrons. The fraction of sp³-hybridized carbons (Fsp3) is 0.600. The SMILES string of the molecule is CCOCCNCCN(C)Cc1cccc(C)c1. The standard InChI is InChI=1S/C15H26N2O/c1-4-18-11-9-16-8-10-17(3)13-15-7-5-6-14(2)12-15/h5-7,12,16H,4,8-11,13H2,1-3H3. The van der Waals surface area contributed by atoms with Crippen LogP contribution in [-0.4, -0.2) is 44.8 Å². The molecule has 1 rings (SSSR count). The van der Waals surface area contributed by atoms with E-state index in [1.807, 2.05) is 6.92 Å². The van der Waals surface area contributed by atoms with Gasteiger partial charge in [-0.15, -0.1) is 0 Å². The van der Waals surface area contributed by atoms with E-state index in [0.717, 1.165) is 39.4 Å². The highest BCUT2D eigenvalue weighted by Crippen LogP contribution is 2.05. The van der Waals surface area contributed by atoms with Gasteiger partial charge in [-0.2, -0.15) is 0 Å². The lowest BCUT2D eigenvalue weighted by Crippen LogP contribution is -2.30. The van der Waals surface area contributed by atoms with Gasteiger partial charge in [0, 0.05) is 32.8 Å². The second-order valence-electron chi connectivity index (χ2n) is 4.67. The summed E-state index contributed by atoms with van der Waals surface area (Å²) in [5, 5.41) is 3.38. The lowest BCUT2D eigenvalue weighted by atomic mass is 10.1. The first-order valence-corrected chi connectivity index (χ1v) is 6.75. The van der Waals surface area contributed by atoms with E-state index in [0.29, 0.717) is 0 Å². The van der Waals surface area contributed by atoms with Crippen molar-refractivity contribution in [1.82, 2.24) is 10.2 Å². The van der Waals surface area contributed by atoms with Crippen LogP contribution in [0.2, 0.25) is 0 Å². The normalized spacial score (nSPS) is 11.1. The molecule has 0 radical (unpaired) electrons. The quantitative estimate of drug-likeness (QED) is 0.679. The summed E-state index contributed by atoms with van der Waals surface area (Å²) in [4.78, 5) is 2.34. The summed E-state index contributed by atoms with van der Waals surface area (Å²) >= 11 is 0. The van der Waals surface area contributed by atoms with Gasteiger partial charge in [0.2, 0.25) is 0 Å². The zero-order chi connectivity index (χ0) is 13.2. The number of likely N-dealkylation sites (N-methyl/N-ethyl adjacent to an activating group) is 1. The van der Waals surface area contributed by atoms with Crippen molar-refractivity contribution in [2.45, 2.75) is 20.4 Å². The van der Waals surface area contributed by atoms with Crippen molar-refractivity contribution in [2.24, 2.45) is 0 Å². The van der Waals surface area contributed by atoms with Crippen LogP contribution in [0.25, 0.3) is 0 Å². The highest BCUT2D eigenvalue weighted by Gasteiger charge is 2.00. The molecule has 18 heavy (non-hydrogen) atoms. The van der Waals surface area contributed by atoms with Crippen LogP contribution in [0, 0.1) is 6.92 Å². The van der Waals surface area contributed by atoms with Crippen LogP contribution < -0.4 is 5.32 Å². The average molecular weight is 250 g/mol. The van der Waals surface area contributed by atoms with E-state index in [9.17, 15) is 0 Å². The van der Waals surface area contributed by atoms with Gasteiger partial charge in [-0.1, -0.05) is 29.8 Å². The third kappa shape index (κ3) is 6.74. The monoisotopic (exact) mass is 250 g/mol. The molecule has 1 aromatic carbocycles. The summed E-state index contributed by atoms with van der Waals surface area (Å²) in [6.45, 7) is 9.78. The molecular weight excluding hydrogens is 224 g/mol. The molecule has 0 unspecified atom stereocenters. The fourth-order valence-corrected chi connectivity index (χ4v) is 1.88. The molecule has 3 heteroatoms. The maximum Gasteiger partial charge on any atom is 0.0590 e. The minimum absolute atomic E-state index is 0.801. The van der Waals surface area contributed by atoms with Crippen molar-refractivity contribution in [3.63, 3.8) is 0 Å². The highest BCUT2D eigenvalue weighted by molar-refractivity contribution is 5.21. The summed E-state index contributed by atoms with van der Waals surface area (Å²) in [6, 6.07) is 8.70. The van der Waals surface area contributed by atoms with Gasteiger partial charge in [0.05, 0.1) is 6.61 Å². The molecule has 0 amide bonds. The third-order valence-corrected chi connectivity index (χ3v) is 2.83. The molecule has 1 N–H and O–H groups in total. The summed E-state index contributed by atoms with van der Waals surface area (Å²) in [5.41, 5.74) is 2.71. The molecule has 0 saturated carbocycles. The summed E-state index contributed by atoms with van der Waals surface area (Å²) < 4.78 is 5.27. The first kappa shape index (κ1) is 15.2. The number of nitrogens with zero attached hydrogens (tertiary/aromatic N) is 1. The zero-order valence-corrected chi connectivity index (χ0v) is 11.9. The second kappa shape index (κ2) is 9.09. The smallest absolute Gasteiger partial charge is 0.0590 e. The van der Waals surface area contributed by atoms with Gasteiger partial charge >= 0.3 is 0 Å². The van der Waals surface area contributed by atoms with E-state index < -0.39 is 0 Å². The molecule has 0 aromatic heterocycles. The Hall–Kier alpha value is -0.900. The Morgan fingerprint density at radius 3 is 2.83 bits per heavy atom. The van der Waals surface area contributed by atoms with Gasteiger partial charge in [0.25, 0.3) is 0 Å². The lowest BCUT2D eigenvalue weighted by molar-refractivity contribution is 0.148. The minimum atomic E-state index is 0.801. The number of benzene rings is 1. The van der Waals surface area contributed by atoms with Crippen molar-refractivity contribution >= 4 is 0 Å². The number of ether oxygens (including phenoxy) is 1. The number of hydrogen-bond acceptors (Lipinski definition) is 3. The van der Waals surface area contributed by atoms with Crippen molar-refractivity contribution < 1.29 is 4.74 Å². The van der Waals surface area contributed by atoms with E-state index in [1.54, 1.807) is 0 Å². The van der Waals surface area contributed by atoms with E-state index in [-0.39, 0.29) is 0 Å². The summed E-state index contributed by atoms with van der Waals surface area (Å²) in [7, 11) is 2.16. The first-order chi connectivity index (χ1) is 8.72. The molecule has 0 spiro atoms. The van der Waals surface area contributed by atoms with Gasteiger partial charge in [0.1, 0.15) is 0 Å². The van der Waals surface area contributed by atoms with Crippen LogP contribution in [0.3, 0.4) is 0 Å². The molecule has 0 saturated heterocycles. The third-order valence-electron chi connectivity index (χ3n) is 2.83. The number of rotatable bonds is 9. The number of aryl methyl sites for hydroxylation is 1. The van der Waals surface area contributed by atoms with Gasteiger partial charge in [-0.3, -0.25) is 0 Å². The Kier molecular flexibility index (Phi) is 7.65. The molecule has 0 heterocycles. The van der Waals surface area contributed by atoms with Crippen LogP contribution in [0.4, 0.5) is 0 Å². The van der Waals surface area contributed by atoms with Gasteiger partial charge in [0.15, 0.2) is 0 Å². The van der Waals surface area contributed by atoms with Crippen LogP contribution in [0.5, 0.6) is 0 Å². The minimum Gasteiger partial charge on any atom is -0.380 e. The molecule has 0 fully saturated rings. The molecular formula is C15H26N2O. The number of hydrogen-bond donors (Lipinski definition) is 1. The highest BCUT2D eigenvalue weighted by atomic mass is 16.5. The molecule has 1 aromatic rings. The Morgan fingerprint density at radius 1 is 1.28 bits per heavy atom. The van der Waals surface area contributed by atoms with E-state index in [4.69, 9.17) is 4.74 Å². The predicted molar refractivity (Wildman–Crippen MR) is 76.9 cm³/mol. The predicted octanol–water partition coefficient (Wildman–Crippen LogP) is 2.05. The average Bonchev–Trinajstić information content (AvgIpc) is 2.33. The van der Waals surface area contributed by atoms with Crippen LogP contribution >= 0.6 is 0 Å². The summed E-state index contributed by atoms with van der Waals surface area (Å²) in [5.74, 6) is 0. The van der Waals surface area contributed by atoms with Gasteiger partial charge in [-0.25, -0.2) is 0 Å². The van der Waals surface area contributed by atoms with Crippen molar-refractivity contribution in [1.29, 1.82) is 0 Å². The van der Waals surface area contributed by atoms with Crippen molar-refractivity contribution in [3.8, 4) is 0 Å². The Bertz CT molecular complexity index is 328. The van der Waals surface area contributed by atoms with Crippen molar-refractivity contribution in [3.05, 3.63) is 35.4 Å². The number of nitrogens with one attached hydrogen (secondary N) is 1. The maximum absolute atomic E-state index is 5.27. The zero-order valence-electron chi connectivity index (χ0n) is 11.9. The fourth-order valence-electron chi connectivity index (χ4n) is 1.88. The first-order valence-electron chi connectivity index (χ1n) is 6.75. The molecule has 0 atom stereocenters. The summed E-state index contributed by atoms with van der Waals surface area (Å²) in [6.07, 6.45) is 0. The Balaban J connectivity index is 2.12.